The maximum absolute atomic E-state index is 12.8. The number of methoxy groups -OCH3 is 1. The lowest BCUT2D eigenvalue weighted by atomic mass is 9.75. The molecule has 2 aliphatic rings. The summed E-state index contributed by atoms with van der Waals surface area (Å²) >= 11 is 0. The van der Waals surface area contributed by atoms with E-state index < -0.39 is 0 Å². The second-order valence-corrected chi connectivity index (χ2v) is 7.62. The number of amides is 1. The Bertz CT molecular complexity index is 678. The summed E-state index contributed by atoms with van der Waals surface area (Å²) < 4.78 is 5.39. The number of allylic oxidation sites excluding steroid dienone is 1. The molecule has 0 aromatic heterocycles. The Morgan fingerprint density at radius 3 is 2.80 bits per heavy atom. The molecule has 2 N–H and O–H groups in total. The van der Waals surface area contributed by atoms with Crippen molar-refractivity contribution in [3.05, 3.63) is 34.9 Å². The fourth-order valence-corrected chi connectivity index (χ4v) is 4.28. The number of hydrogen-bond acceptors (Lipinski definition) is 3. The van der Waals surface area contributed by atoms with Crippen molar-refractivity contribution in [2.45, 2.75) is 58.5 Å². The van der Waals surface area contributed by atoms with E-state index in [9.17, 15) is 4.79 Å². The Kier molecular flexibility index (Phi) is 5.48. The van der Waals surface area contributed by atoms with Crippen molar-refractivity contribution in [2.75, 3.05) is 13.7 Å². The first kappa shape index (κ1) is 18.0. The number of ether oxygens (including phenoxy) is 1. The van der Waals surface area contributed by atoms with E-state index in [-0.39, 0.29) is 11.9 Å². The van der Waals surface area contributed by atoms with Crippen LogP contribution in [-0.2, 0) is 11.2 Å². The number of rotatable bonds is 5. The van der Waals surface area contributed by atoms with Crippen LogP contribution in [-0.4, -0.2) is 31.6 Å². The highest BCUT2D eigenvalue weighted by Gasteiger charge is 2.32. The molecule has 0 spiro atoms. The van der Waals surface area contributed by atoms with Crippen LogP contribution in [0.2, 0.25) is 0 Å². The summed E-state index contributed by atoms with van der Waals surface area (Å²) in [5.41, 5.74) is 4.80. The van der Waals surface area contributed by atoms with Crippen LogP contribution in [0.1, 0.15) is 51.2 Å². The van der Waals surface area contributed by atoms with Gasteiger partial charge in [0.15, 0.2) is 0 Å². The zero-order valence-electron chi connectivity index (χ0n) is 15.8. The van der Waals surface area contributed by atoms with E-state index in [1.165, 1.54) is 16.7 Å². The van der Waals surface area contributed by atoms with Gasteiger partial charge in [-0.3, -0.25) is 4.79 Å². The van der Waals surface area contributed by atoms with Crippen molar-refractivity contribution in [3.63, 3.8) is 0 Å². The van der Waals surface area contributed by atoms with Gasteiger partial charge in [-0.1, -0.05) is 19.9 Å². The highest BCUT2D eigenvalue weighted by molar-refractivity contribution is 6.02. The second kappa shape index (κ2) is 7.61. The van der Waals surface area contributed by atoms with Gasteiger partial charge in [-0.2, -0.15) is 0 Å². The van der Waals surface area contributed by atoms with E-state index in [4.69, 9.17) is 4.74 Å². The van der Waals surface area contributed by atoms with Gasteiger partial charge in [0.2, 0.25) is 5.91 Å². The lowest BCUT2D eigenvalue weighted by Crippen LogP contribution is -2.35. The quantitative estimate of drug-likeness (QED) is 0.863. The Hall–Kier alpha value is -1.81. The molecule has 0 saturated carbocycles. The molecule has 0 saturated heterocycles. The lowest BCUT2D eigenvalue weighted by molar-refractivity contribution is -0.117. The van der Waals surface area contributed by atoms with Gasteiger partial charge >= 0.3 is 0 Å². The molecular formula is C21H30N2O2. The van der Waals surface area contributed by atoms with Crippen LogP contribution in [0.25, 0.3) is 5.57 Å². The second-order valence-electron chi connectivity index (χ2n) is 7.62. The molecule has 1 heterocycles. The predicted octanol–water partition coefficient (Wildman–Crippen LogP) is 3.31. The molecular weight excluding hydrogens is 312 g/mol. The topological polar surface area (TPSA) is 50.4 Å². The molecule has 0 radical (unpaired) electrons. The van der Waals surface area contributed by atoms with Crippen LogP contribution in [0.15, 0.2) is 23.8 Å². The van der Waals surface area contributed by atoms with Crippen molar-refractivity contribution < 1.29 is 9.53 Å². The summed E-state index contributed by atoms with van der Waals surface area (Å²) in [7, 11) is 1.70. The number of hydrogen-bond donors (Lipinski definition) is 2. The van der Waals surface area contributed by atoms with E-state index >= 15 is 0 Å². The Balaban J connectivity index is 2.04. The van der Waals surface area contributed by atoms with Gasteiger partial charge in [-0.15, -0.1) is 0 Å². The van der Waals surface area contributed by atoms with Crippen LogP contribution in [0.5, 0.6) is 5.75 Å². The first-order valence-corrected chi connectivity index (χ1v) is 9.44. The molecule has 0 unspecified atom stereocenters. The maximum atomic E-state index is 12.8. The van der Waals surface area contributed by atoms with Crippen LogP contribution in [0.4, 0.5) is 0 Å². The van der Waals surface area contributed by atoms with E-state index in [1.54, 1.807) is 7.11 Å². The third-order valence-corrected chi connectivity index (χ3v) is 5.28. The zero-order chi connectivity index (χ0) is 18.0. The average Bonchev–Trinajstić information content (AvgIpc) is 2.73. The van der Waals surface area contributed by atoms with E-state index in [0.29, 0.717) is 12.0 Å². The van der Waals surface area contributed by atoms with Gasteiger partial charge < -0.3 is 15.4 Å². The normalized spacial score (nSPS) is 21.3. The molecule has 1 aliphatic carbocycles. The Labute approximate surface area is 151 Å². The average molecular weight is 342 g/mol. The molecule has 0 bridgehead atoms. The largest absolute Gasteiger partial charge is 0.497 e. The van der Waals surface area contributed by atoms with Crippen molar-refractivity contribution in [2.24, 2.45) is 5.92 Å². The highest BCUT2D eigenvalue weighted by atomic mass is 16.5. The van der Waals surface area contributed by atoms with Crippen molar-refractivity contribution >= 4 is 11.5 Å². The lowest BCUT2D eigenvalue weighted by Gasteiger charge is -2.29. The summed E-state index contributed by atoms with van der Waals surface area (Å²) in [6.07, 6.45) is 3.96. The molecule has 136 valence electrons. The summed E-state index contributed by atoms with van der Waals surface area (Å²) in [6, 6.07) is 6.98. The summed E-state index contributed by atoms with van der Waals surface area (Å²) in [4.78, 5) is 12.8. The number of nitrogens with one attached hydrogen (secondary N) is 2. The molecule has 1 aromatic rings. The molecule has 0 fully saturated rings. The fourth-order valence-electron chi connectivity index (χ4n) is 4.28. The molecule has 25 heavy (non-hydrogen) atoms. The summed E-state index contributed by atoms with van der Waals surface area (Å²) in [6.45, 7) is 7.23. The van der Waals surface area contributed by atoms with Gasteiger partial charge in [0.1, 0.15) is 5.75 Å². The summed E-state index contributed by atoms with van der Waals surface area (Å²) in [5, 5.41) is 6.65. The zero-order valence-corrected chi connectivity index (χ0v) is 15.8. The van der Waals surface area contributed by atoms with E-state index in [2.05, 4.69) is 43.5 Å². The number of fused-ring (bicyclic) bond motifs is 3. The van der Waals surface area contributed by atoms with E-state index in [1.807, 2.05) is 6.07 Å². The number of carbonyl (C=O) groups is 1. The van der Waals surface area contributed by atoms with Gasteiger partial charge in [-0.05, 0) is 67.4 Å². The molecule has 2 atom stereocenters. The molecule has 1 aliphatic heterocycles. The van der Waals surface area contributed by atoms with Crippen molar-refractivity contribution in [3.8, 4) is 5.75 Å². The Morgan fingerprint density at radius 1 is 1.28 bits per heavy atom. The van der Waals surface area contributed by atoms with Gasteiger partial charge in [0.25, 0.3) is 0 Å². The first-order valence-electron chi connectivity index (χ1n) is 9.44. The minimum Gasteiger partial charge on any atom is -0.497 e. The minimum atomic E-state index is 0.110. The standard InChI is InChI=1S/C21H30N2O2/c1-13(2)23-14(3)11-19-20-15(9-10-22-21(19)24)5-6-16-12-17(25-4)7-8-18(16)20/h7-8,12-15,23H,5-6,9-11H2,1-4H3,(H,22,24)/t14-,15-/m1/s1. The van der Waals surface area contributed by atoms with Gasteiger partial charge in [-0.25, -0.2) is 0 Å². The first-order chi connectivity index (χ1) is 12.0. The maximum Gasteiger partial charge on any atom is 0.247 e. The van der Waals surface area contributed by atoms with Crippen LogP contribution in [0.3, 0.4) is 0 Å². The third kappa shape index (κ3) is 3.90. The number of benzene rings is 1. The monoisotopic (exact) mass is 342 g/mol. The smallest absolute Gasteiger partial charge is 0.247 e. The van der Waals surface area contributed by atoms with Crippen LogP contribution in [0, 0.1) is 5.92 Å². The van der Waals surface area contributed by atoms with Crippen LogP contribution >= 0.6 is 0 Å². The molecule has 4 nitrogen and oxygen atoms in total. The minimum absolute atomic E-state index is 0.110. The molecule has 4 heteroatoms. The Morgan fingerprint density at radius 2 is 2.08 bits per heavy atom. The number of carbonyl (C=O) groups excluding carboxylic acids is 1. The summed E-state index contributed by atoms with van der Waals surface area (Å²) in [5.74, 6) is 1.48. The number of aryl methyl sites for hydroxylation is 1. The molecule has 1 amide bonds. The van der Waals surface area contributed by atoms with Crippen molar-refractivity contribution in [1.82, 2.24) is 10.6 Å². The van der Waals surface area contributed by atoms with Crippen LogP contribution < -0.4 is 15.4 Å². The molecule has 1 aromatic carbocycles. The fraction of sp³-hybridized carbons (Fsp3) is 0.571. The van der Waals surface area contributed by atoms with E-state index in [0.717, 1.165) is 43.6 Å². The highest BCUT2D eigenvalue weighted by Crippen LogP contribution is 2.42. The van der Waals surface area contributed by atoms with Crippen molar-refractivity contribution in [1.29, 1.82) is 0 Å². The molecule has 3 rings (SSSR count). The predicted molar refractivity (Wildman–Crippen MR) is 102 cm³/mol. The van der Waals surface area contributed by atoms with Gasteiger partial charge in [0.05, 0.1) is 7.11 Å². The third-order valence-electron chi connectivity index (χ3n) is 5.28. The SMILES string of the molecule is COc1ccc2c(c1)CC[C@@H]1CCNC(=O)C(C[C@@H](C)NC(C)C)=C21. The van der Waals surface area contributed by atoms with Gasteiger partial charge in [0, 0.05) is 24.2 Å².